The maximum atomic E-state index is 13.9. The second-order valence-corrected chi connectivity index (χ2v) is 4.11. The molecule has 0 atom stereocenters. The fourth-order valence-electron chi connectivity index (χ4n) is 1.90. The molecule has 1 aromatic carbocycles. The molecule has 2 rings (SSSR count). The third-order valence-electron chi connectivity index (χ3n) is 2.76. The number of aromatic nitrogens is 3. The summed E-state index contributed by atoms with van der Waals surface area (Å²) in [4.78, 5) is 0. The minimum Gasteiger partial charge on any atom is -0.355 e. The van der Waals surface area contributed by atoms with E-state index in [0.29, 0.717) is 23.9 Å². The predicted molar refractivity (Wildman–Crippen MR) is 70.0 cm³/mol. The number of aryl methyl sites for hydroxylation is 1. The average molecular weight is 248 g/mol. The third kappa shape index (κ3) is 2.20. The standard InChI is InChI=1S/C13H17FN4/c1-4-15-13-17-16-12(18(13)5-2)10-8-9(3)6-7-11(10)14/h6-8H,4-5H2,1-3H3,(H,15,17). The summed E-state index contributed by atoms with van der Waals surface area (Å²) < 4.78 is 15.7. The van der Waals surface area contributed by atoms with Crippen molar-refractivity contribution < 1.29 is 4.39 Å². The Kier molecular flexibility index (Phi) is 3.60. The largest absolute Gasteiger partial charge is 0.355 e. The van der Waals surface area contributed by atoms with Crippen molar-refractivity contribution in [2.75, 3.05) is 11.9 Å². The van der Waals surface area contributed by atoms with Gasteiger partial charge >= 0.3 is 0 Å². The van der Waals surface area contributed by atoms with Crippen LogP contribution in [0.1, 0.15) is 19.4 Å². The Bertz CT molecular complexity index is 548. The Morgan fingerprint density at radius 2 is 2.06 bits per heavy atom. The number of hydrogen-bond donors (Lipinski definition) is 1. The van der Waals surface area contributed by atoms with Gasteiger partial charge in [0, 0.05) is 13.1 Å². The fraction of sp³-hybridized carbons (Fsp3) is 0.385. The van der Waals surface area contributed by atoms with E-state index in [0.717, 1.165) is 12.1 Å². The Morgan fingerprint density at radius 3 is 2.72 bits per heavy atom. The zero-order valence-corrected chi connectivity index (χ0v) is 10.9. The number of nitrogens with zero attached hydrogens (tertiary/aromatic N) is 3. The van der Waals surface area contributed by atoms with Crippen molar-refractivity contribution in [1.82, 2.24) is 14.8 Å². The molecule has 0 aliphatic rings. The normalized spacial score (nSPS) is 10.7. The van der Waals surface area contributed by atoms with Gasteiger partial charge in [0.15, 0.2) is 5.82 Å². The molecule has 96 valence electrons. The molecule has 1 heterocycles. The van der Waals surface area contributed by atoms with Crippen molar-refractivity contribution >= 4 is 5.95 Å². The zero-order chi connectivity index (χ0) is 13.1. The van der Waals surface area contributed by atoms with Crippen LogP contribution in [0.15, 0.2) is 18.2 Å². The van der Waals surface area contributed by atoms with E-state index < -0.39 is 0 Å². The highest BCUT2D eigenvalue weighted by atomic mass is 19.1. The lowest BCUT2D eigenvalue weighted by molar-refractivity contribution is 0.627. The Balaban J connectivity index is 2.53. The molecule has 18 heavy (non-hydrogen) atoms. The number of anilines is 1. The average Bonchev–Trinajstić information content (AvgIpc) is 2.75. The van der Waals surface area contributed by atoms with Crippen LogP contribution in [0.3, 0.4) is 0 Å². The summed E-state index contributed by atoms with van der Waals surface area (Å²) in [6.07, 6.45) is 0. The summed E-state index contributed by atoms with van der Waals surface area (Å²) in [5, 5.41) is 11.3. The third-order valence-corrected chi connectivity index (χ3v) is 2.76. The van der Waals surface area contributed by atoms with Gasteiger partial charge < -0.3 is 5.32 Å². The number of hydrogen-bond acceptors (Lipinski definition) is 3. The van der Waals surface area contributed by atoms with Crippen LogP contribution in [-0.2, 0) is 6.54 Å². The molecule has 0 spiro atoms. The van der Waals surface area contributed by atoms with E-state index in [4.69, 9.17) is 0 Å². The first-order chi connectivity index (χ1) is 8.67. The van der Waals surface area contributed by atoms with Crippen LogP contribution in [-0.4, -0.2) is 21.3 Å². The van der Waals surface area contributed by atoms with E-state index in [1.807, 2.05) is 25.3 Å². The van der Waals surface area contributed by atoms with Crippen LogP contribution in [0.2, 0.25) is 0 Å². The molecule has 0 aliphatic heterocycles. The van der Waals surface area contributed by atoms with Gasteiger partial charge in [0.25, 0.3) is 0 Å². The highest BCUT2D eigenvalue weighted by Crippen LogP contribution is 2.24. The van der Waals surface area contributed by atoms with Crippen molar-refractivity contribution in [3.63, 3.8) is 0 Å². The van der Waals surface area contributed by atoms with Crippen molar-refractivity contribution in [3.8, 4) is 11.4 Å². The second-order valence-electron chi connectivity index (χ2n) is 4.11. The summed E-state index contributed by atoms with van der Waals surface area (Å²) >= 11 is 0. The highest BCUT2D eigenvalue weighted by Gasteiger charge is 2.15. The minimum absolute atomic E-state index is 0.272. The van der Waals surface area contributed by atoms with Crippen LogP contribution < -0.4 is 5.32 Å². The molecule has 0 radical (unpaired) electrons. The Morgan fingerprint density at radius 1 is 1.28 bits per heavy atom. The minimum atomic E-state index is -0.272. The number of benzene rings is 1. The van der Waals surface area contributed by atoms with Crippen LogP contribution in [0.25, 0.3) is 11.4 Å². The molecule has 0 aliphatic carbocycles. The summed E-state index contributed by atoms with van der Waals surface area (Å²) in [5.41, 5.74) is 1.50. The Hall–Kier alpha value is -1.91. The van der Waals surface area contributed by atoms with Crippen molar-refractivity contribution in [2.24, 2.45) is 0 Å². The zero-order valence-electron chi connectivity index (χ0n) is 10.9. The molecule has 0 bridgehead atoms. The second kappa shape index (κ2) is 5.16. The first-order valence-electron chi connectivity index (χ1n) is 6.11. The smallest absolute Gasteiger partial charge is 0.224 e. The first kappa shape index (κ1) is 12.5. The van der Waals surface area contributed by atoms with Crippen molar-refractivity contribution in [2.45, 2.75) is 27.3 Å². The fourth-order valence-corrected chi connectivity index (χ4v) is 1.90. The maximum absolute atomic E-state index is 13.9. The maximum Gasteiger partial charge on any atom is 0.224 e. The van der Waals surface area contributed by atoms with Gasteiger partial charge in [0.05, 0.1) is 5.56 Å². The van der Waals surface area contributed by atoms with Crippen molar-refractivity contribution in [1.29, 1.82) is 0 Å². The summed E-state index contributed by atoms with van der Waals surface area (Å²) in [6, 6.07) is 5.00. The van der Waals surface area contributed by atoms with Gasteiger partial charge in [-0.2, -0.15) is 0 Å². The lowest BCUT2D eigenvalue weighted by Gasteiger charge is -2.09. The molecule has 1 aromatic heterocycles. The first-order valence-corrected chi connectivity index (χ1v) is 6.11. The van der Waals surface area contributed by atoms with Gasteiger partial charge in [-0.25, -0.2) is 4.39 Å². The van der Waals surface area contributed by atoms with E-state index in [1.54, 1.807) is 12.1 Å². The molecule has 4 nitrogen and oxygen atoms in total. The SMILES string of the molecule is CCNc1nnc(-c2cc(C)ccc2F)n1CC. The molecular formula is C13H17FN4. The van der Waals surface area contributed by atoms with Gasteiger partial charge in [-0.3, -0.25) is 4.57 Å². The van der Waals surface area contributed by atoms with E-state index in [2.05, 4.69) is 15.5 Å². The molecule has 0 fully saturated rings. The van der Waals surface area contributed by atoms with Crippen molar-refractivity contribution in [3.05, 3.63) is 29.6 Å². The van der Waals surface area contributed by atoms with Crippen LogP contribution in [0, 0.1) is 12.7 Å². The molecule has 1 N–H and O–H groups in total. The van der Waals surface area contributed by atoms with Crippen LogP contribution in [0.5, 0.6) is 0 Å². The predicted octanol–water partition coefficient (Wildman–Crippen LogP) is 2.84. The van der Waals surface area contributed by atoms with Gasteiger partial charge in [-0.1, -0.05) is 11.6 Å². The molecule has 0 amide bonds. The van der Waals surface area contributed by atoms with E-state index >= 15 is 0 Å². The molecule has 0 unspecified atom stereocenters. The van der Waals surface area contributed by atoms with Crippen LogP contribution in [0.4, 0.5) is 10.3 Å². The highest BCUT2D eigenvalue weighted by molar-refractivity contribution is 5.59. The molecule has 5 heteroatoms. The van der Waals surface area contributed by atoms with E-state index in [9.17, 15) is 4.39 Å². The summed E-state index contributed by atoms with van der Waals surface area (Å²) in [7, 11) is 0. The monoisotopic (exact) mass is 248 g/mol. The molecule has 2 aromatic rings. The van der Waals surface area contributed by atoms with Gasteiger partial charge in [-0.05, 0) is 32.9 Å². The van der Waals surface area contributed by atoms with E-state index in [1.165, 1.54) is 6.07 Å². The Labute approximate surface area is 106 Å². The summed E-state index contributed by atoms with van der Waals surface area (Å²) in [5.74, 6) is 0.969. The molecule has 0 saturated carbocycles. The quantitative estimate of drug-likeness (QED) is 0.904. The van der Waals surface area contributed by atoms with E-state index in [-0.39, 0.29) is 5.82 Å². The molecular weight excluding hydrogens is 231 g/mol. The van der Waals surface area contributed by atoms with Gasteiger partial charge in [-0.15, -0.1) is 10.2 Å². The number of halogens is 1. The van der Waals surface area contributed by atoms with Gasteiger partial charge in [0.2, 0.25) is 5.95 Å². The topological polar surface area (TPSA) is 42.7 Å². The van der Waals surface area contributed by atoms with Crippen LogP contribution >= 0.6 is 0 Å². The lowest BCUT2D eigenvalue weighted by Crippen LogP contribution is -2.07. The summed E-state index contributed by atoms with van der Waals surface area (Å²) in [6.45, 7) is 7.36. The lowest BCUT2D eigenvalue weighted by atomic mass is 10.1. The van der Waals surface area contributed by atoms with Gasteiger partial charge in [0.1, 0.15) is 5.82 Å². The number of nitrogens with one attached hydrogen (secondary N) is 1. The number of rotatable bonds is 4. The molecule has 0 saturated heterocycles.